The summed E-state index contributed by atoms with van der Waals surface area (Å²) < 4.78 is 0. The molecule has 3 rings (SSSR count). The number of hydrogen-bond acceptors (Lipinski definition) is 6. The van der Waals surface area contributed by atoms with Gasteiger partial charge in [-0.2, -0.15) is 11.8 Å². The summed E-state index contributed by atoms with van der Waals surface area (Å²) in [6, 6.07) is 12.8. The summed E-state index contributed by atoms with van der Waals surface area (Å²) in [5.74, 6) is -2.07. The molecule has 0 aliphatic carbocycles. The first-order valence-corrected chi connectivity index (χ1v) is 15.5. The van der Waals surface area contributed by atoms with Crippen LogP contribution >= 0.6 is 11.8 Å². The first-order valence-electron chi connectivity index (χ1n) is 14.1. The third-order valence-electron chi connectivity index (χ3n) is 6.94. The number of nitrogens with one attached hydrogen (secondary N) is 4. The Bertz CT molecular complexity index is 1350. The summed E-state index contributed by atoms with van der Waals surface area (Å²) in [5.41, 5.74) is 8.50. The van der Waals surface area contributed by atoms with E-state index in [1.165, 1.54) is 0 Å². The number of H-pyrrole nitrogens is 1. The Hall–Kier alpha value is -3.83. The molecule has 4 unspecified atom stereocenters. The maximum Gasteiger partial charge on any atom is 0.326 e. The van der Waals surface area contributed by atoms with Gasteiger partial charge in [0.05, 0.1) is 6.04 Å². The van der Waals surface area contributed by atoms with Crippen LogP contribution in [0.5, 0.6) is 0 Å². The lowest BCUT2D eigenvalue weighted by atomic mass is 9.99. The number of hydrogen-bond donors (Lipinski definition) is 6. The van der Waals surface area contributed by atoms with Gasteiger partial charge in [-0.3, -0.25) is 14.4 Å². The summed E-state index contributed by atoms with van der Waals surface area (Å²) in [6.45, 7) is 3.81. The molecule has 4 atom stereocenters. The topological polar surface area (TPSA) is 166 Å². The van der Waals surface area contributed by atoms with Gasteiger partial charge in [-0.05, 0) is 48.0 Å². The normalized spacial score (nSPS) is 14.1. The van der Waals surface area contributed by atoms with Crippen LogP contribution in [-0.2, 0) is 32.0 Å². The fraction of sp³-hybridized carbons (Fsp3) is 0.419. The van der Waals surface area contributed by atoms with E-state index < -0.39 is 47.9 Å². The summed E-state index contributed by atoms with van der Waals surface area (Å²) in [5, 5.41) is 19.0. The number of benzene rings is 2. The van der Waals surface area contributed by atoms with Crippen LogP contribution in [0.2, 0.25) is 0 Å². The second-order valence-corrected chi connectivity index (χ2v) is 11.8. The number of nitrogens with two attached hydrogens (primary N) is 1. The van der Waals surface area contributed by atoms with E-state index in [9.17, 15) is 24.3 Å². The SMILES string of the molecule is CSCCC(N)C(=O)NC(Cc1ccccc1)C(=O)NC(CC(C)C)C(=O)NC(Cc1c[nH]c2ccccc12)C(=O)O. The number of carboxylic acid groups (broad SMARTS) is 1. The van der Waals surface area contributed by atoms with Crippen molar-refractivity contribution >= 4 is 46.4 Å². The molecule has 11 heteroatoms. The minimum Gasteiger partial charge on any atom is -0.480 e. The Morgan fingerprint density at radius 1 is 0.857 bits per heavy atom. The highest BCUT2D eigenvalue weighted by molar-refractivity contribution is 7.98. The molecular formula is C31H41N5O5S. The first-order chi connectivity index (χ1) is 20.1. The van der Waals surface area contributed by atoms with E-state index in [1.54, 1.807) is 18.0 Å². The van der Waals surface area contributed by atoms with E-state index in [0.717, 1.165) is 22.0 Å². The largest absolute Gasteiger partial charge is 0.480 e. The molecule has 0 saturated carbocycles. The lowest BCUT2D eigenvalue weighted by molar-refractivity contribution is -0.142. The predicted molar refractivity (Wildman–Crippen MR) is 166 cm³/mol. The van der Waals surface area contributed by atoms with Crippen molar-refractivity contribution in [1.29, 1.82) is 0 Å². The number of aromatic nitrogens is 1. The Kier molecular flexibility index (Phi) is 12.4. The van der Waals surface area contributed by atoms with Crippen molar-refractivity contribution < 1.29 is 24.3 Å². The van der Waals surface area contributed by atoms with Crippen molar-refractivity contribution in [2.24, 2.45) is 11.7 Å². The second kappa shape index (κ2) is 16.0. The highest BCUT2D eigenvalue weighted by Gasteiger charge is 2.31. The molecule has 0 aliphatic rings. The molecule has 42 heavy (non-hydrogen) atoms. The van der Waals surface area contributed by atoms with Gasteiger partial charge >= 0.3 is 5.97 Å². The average Bonchev–Trinajstić information content (AvgIpc) is 3.37. The molecule has 1 heterocycles. The van der Waals surface area contributed by atoms with E-state index in [0.29, 0.717) is 12.2 Å². The van der Waals surface area contributed by atoms with E-state index in [-0.39, 0.29) is 25.2 Å². The minimum atomic E-state index is -1.21. The second-order valence-electron chi connectivity index (χ2n) is 10.8. The molecule has 3 aromatic rings. The molecule has 0 saturated heterocycles. The van der Waals surface area contributed by atoms with Gasteiger partial charge < -0.3 is 31.8 Å². The Labute approximate surface area is 250 Å². The van der Waals surface area contributed by atoms with Crippen molar-refractivity contribution in [3.05, 3.63) is 71.9 Å². The molecule has 0 aliphatic heterocycles. The Morgan fingerprint density at radius 3 is 2.14 bits per heavy atom. The van der Waals surface area contributed by atoms with Crippen molar-refractivity contribution in [3.63, 3.8) is 0 Å². The highest BCUT2D eigenvalue weighted by Crippen LogP contribution is 2.19. The standard InChI is InChI=1S/C31H41N5O5S/c1-19(2)15-25(29(38)36-27(31(40)41)17-21-18-33-24-12-8-7-11-22(21)24)35-30(39)26(16-20-9-5-4-6-10-20)34-28(37)23(32)13-14-42-3/h4-12,18-19,23,25-27,33H,13-17,32H2,1-3H3,(H,34,37)(H,35,39)(H,36,38)(H,40,41). The number of carboxylic acids is 1. The van der Waals surface area contributed by atoms with Gasteiger partial charge in [0.2, 0.25) is 17.7 Å². The number of amides is 3. The number of fused-ring (bicyclic) bond motifs is 1. The van der Waals surface area contributed by atoms with Crippen LogP contribution in [-0.4, -0.2) is 70.0 Å². The van der Waals surface area contributed by atoms with Crippen molar-refractivity contribution in [2.75, 3.05) is 12.0 Å². The molecule has 226 valence electrons. The molecule has 0 fully saturated rings. The van der Waals surface area contributed by atoms with Gasteiger partial charge in [0.1, 0.15) is 18.1 Å². The minimum absolute atomic E-state index is 0.0140. The lowest BCUT2D eigenvalue weighted by Crippen LogP contribution is -2.58. The monoisotopic (exact) mass is 595 g/mol. The maximum absolute atomic E-state index is 13.6. The van der Waals surface area contributed by atoms with Crippen molar-refractivity contribution in [1.82, 2.24) is 20.9 Å². The fourth-order valence-electron chi connectivity index (χ4n) is 4.68. The average molecular weight is 596 g/mol. The van der Waals surface area contributed by atoms with Crippen LogP contribution in [0.4, 0.5) is 0 Å². The molecule has 2 aromatic carbocycles. The van der Waals surface area contributed by atoms with Crippen molar-refractivity contribution in [3.8, 4) is 0 Å². The number of aliphatic carboxylic acids is 1. The molecule has 3 amide bonds. The zero-order valence-electron chi connectivity index (χ0n) is 24.3. The summed E-state index contributed by atoms with van der Waals surface area (Å²) in [4.78, 5) is 55.1. The third-order valence-corrected chi connectivity index (χ3v) is 7.58. The number of para-hydroxylation sites is 1. The number of thioether (sulfide) groups is 1. The summed E-state index contributed by atoms with van der Waals surface area (Å²) in [7, 11) is 0. The van der Waals surface area contributed by atoms with Crippen LogP contribution in [0.15, 0.2) is 60.8 Å². The molecule has 7 N–H and O–H groups in total. The van der Waals surface area contributed by atoms with Crippen LogP contribution in [0.1, 0.15) is 37.8 Å². The van der Waals surface area contributed by atoms with Gasteiger partial charge in [-0.15, -0.1) is 0 Å². The molecule has 0 bridgehead atoms. The van der Waals surface area contributed by atoms with Crippen LogP contribution in [0, 0.1) is 5.92 Å². The summed E-state index contributed by atoms with van der Waals surface area (Å²) in [6.07, 6.45) is 4.65. The predicted octanol–water partition coefficient (Wildman–Crippen LogP) is 2.62. The maximum atomic E-state index is 13.6. The number of carbonyl (C=O) groups excluding carboxylic acids is 3. The molecule has 1 aromatic heterocycles. The van der Waals surface area contributed by atoms with Crippen LogP contribution in [0.3, 0.4) is 0 Å². The fourth-order valence-corrected chi connectivity index (χ4v) is 5.17. The molecule has 0 spiro atoms. The highest BCUT2D eigenvalue weighted by atomic mass is 32.2. The Balaban J connectivity index is 1.77. The van der Waals surface area contributed by atoms with Gasteiger partial charge in [-0.25, -0.2) is 4.79 Å². The smallest absolute Gasteiger partial charge is 0.326 e. The number of rotatable bonds is 16. The molecule has 0 radical (unpaired) electrons. The van der Waals surface area contributed by atoms with E-state index in [1.807, 2.05) is 74.7 Å². The van der Waals surface area contributed by atoms with E-state index in [2.05, 4.69) is 20.9 Å². The van der Waals surface area contributed by atoms with Crippen molar-refractivity contribution in [2.45, 2.75) is 63.7 Å². The summed E-state index contributed by atoms with van der Waals surface area (Å²) >= 11 is 1.57. The van der Waals surface area contributed by atoms with E-state index >= 15 is 0 Å². The van der Waals surface area contributed by atoms with Gasteiger partial charge in [0, 0.05) is 29.9 Å². The lowest BCUT2D eigenvalue weighted by Gasteiger charge is -2.26. The molecular weight excluding hydrogens is 554 g/mol. The Morgan fingerprint density at radius 2 is 1.48 bits per heavy atom. The molecule has 10 nitrogen and oxygen atoms in total. The number of aromatic amines is 1. The van der Waals surface area contributed by atoms with Gasteiger partial charge in [-0.1, -0.05) is 62.4 Å². The van der Waals surface area contributed by atoms with Crippen LogP contribution in [0.25, 0.3) is 10.9 Å². The quantitative estimate of drug-likeness (QED) is 0.148. The van der Waals surface area contributed by atoms with Crippen LogP contribution < -0.4 is 21.7 Å². The third kappa shape index (κ3) is 9.63. The zero-order valence-corrected chi connectivity index (χ0v) is 25.1. The van der Waals surface area contributed by atoms with Gasteiger partial charge in [0.15, 0.2) is 0 Å². The van der Waals surface area contributed by atoms with E-state index in [4.69, 9.17) is 5.73 Å². The first kappa shape index (κ1) is 32.7. The zero-order chi connectivity index (χ0) is 30.6. The van der Waals surface area contributed by atoms with Gasteiger partial charge in [0.25, 0.3) is 0 Å². The number of carbonyl (C=O) groups is 4.